The zero-order valence-corrected chi connectivity index (χ0v) is 12.7. The molecule has 0 aliphatic carbocycles. The molecule has 0 aliphatic heterocycles. The van der Waals surface area contributed by atoms with E-state index in [0.717, 1.165) is 10.4 Å². The molecular weight excluding hydrogens is 286 g/mol. The number of amides is 3. The predicted molar refractivity (Wildman–Crippen MR) is 86.0 cm³/mol. The summed E-state index contributed by atoms with van der Waals surface area (Å²) in [7, 11) is 0. The number of thiophene rings is 1. The lowest BCUT2D eigenvalue weighted by atomic mass is 10.1. The van der Waals surface area contributed by atoms with Crippen LogP contribution in [0.15, 0.2) is 30.3 Å². The molecule has 0 fully saturated rings. The molecule has 4 N–H and O–H groups in total. The van der Waals surface area contributed by atoms with Crippen LogP contribution < -0.4 is 16.4 Å². The smallest absolute Gasteiger partial charge is 0.324 e. The molecule has 0 atom stereocenters. The van der Waals surface area contributed by atoms with Crippen LogP contribution in [-0.2, 0) is 6.42 Å². The second-order valence-corrected chi connectivity index (χ2v) is 5.73. The number of rotatable bonds is 4. The van der Waals surface area contributed by atoms with E-state index in [2.05, 4.69) is 10.6 Å². The molecule has 1 heterocycles. The molecule has 1 aromatic heterocycles. The first kappa shape index (κ1) is 15.1. The van der Waals surface area contributed by atoms with Crippen molar-refractivity contribution in [1.29, 1.82) is 0 Å². The number of benzene rings is 1. The molecule has 0 unspecified atom stereocenters. The predicted octanol–water partition coefficient (Wildman–Crippen LogP) is 3.36. The van der Waals surface area contributed by atoms with Crippen molar-refractivity contribution >= 4 is 34.0 Å². The summed E-state index contributed by atoms with van der Waals surface area (Å²) in [4.78, 5) is 24.6. The maximum atomic E-state index is 12.0. The van der Waals surface area contributed by atoms with Crippen molar-refractivity contribution in [3.8, 4) is 0 Å². The highest BCUT2D eigenvalue weighted by Gasteiger charge is 2.20. The van der Waals surface area contributed by atoms with Gasteiger partial charge in [0, 0.05) is 10.6 Å². The van der Waals surface area contributed by atoms with Crippen LogP contribution in [0.2, 0.25) is 0 Å². The van der Waals surface area contributed by atoms with Crippen molar-refractivity contribution in [3.63, 3.8) is 0 Å². The fourth-order valence-corrected chi connectivity index (χ4v) is 3.29. The summed E-state index contributed by atoms with van der Waals surface area (Å²) in [6, 6.07) is 8.69. The molecule has 0 radical (unpaired) electrons. The van der Waals surface area contributed by atoms with Crippen molar-refractivity contribution in [2.45, 2.75) is 20.3 Å². The molecule has 3 amide bonds. The topological polar surface area (TPSA) is 84.2 Å². The van der Waals surface area contributed by atoms with Crippen molar-refractivity contribution in [2.24, 2.45) is 5.73 Å². The van der Waals surface area contributed by atoms with Gasteiger partial charge in [0.05, 0.1) is 5.56 Å². The van der Waals surface area contributed by atoms with E-state index >= 15 is 0 Å². The Balaban J connectivity index is 2.20. The van der Waals surface area contributed by atoms with Crippen LogP contribution in [0.4, 0.5) is 15.5 Å². The molecule has 2 aromatic rings. The first-order chi connectivity index (χ1) is 10.0. The third kappa shape index (κ3) is 3.41. The summed E-state index contributed by atoms with van der Waals surface area (Å²) in [5.74, 6) is -0.522. The summed E-state index contributed by atoms with van der Waals surface area (Å²) in [6.07, 6.45) is 0.697. The minimum Gasteiger partial charge on any atom is -0.365 e. The lowest BCUT2D eigenvalue weighted by Crippen LogP contribution is -2.21. The number of carbonyl (C=O) groups is 2. The van der Waals surface area contributed by atoms with E-state index in [4.69, 9.17) is 5.73 Å². The van der Waals surface area contributed by atoms with Crippen LogP contribution in [0.25, 0.3) is 0 Å². The molecule has 5 nitrogen and oxygen atoms in total. The minimum atomic E-state index is -0.522. The SMILES string of the molecule is CCc1c(C)sc(NC(=O)Nc2ccccc2)c1C(N)=O. The standard InChI is InChI=1S/C15H17N3O2S/c1-3-11-9(2)21-14(12(11)13(16)19)18-15(20)17-10-7-5-4-6-8-10/h4-8H,3H2,1-2H3,(H2,16,19)(H2,17,18,20). The van der Waals surface area contributed by atoms with Gasteiger partial charge in [-0.1, -0.05) is 25.1 Å². The van der Waals surface area contributed by atoms with Crippen LogP contribution in [-0.4, -0.2) is 11.9 Å². The van der Waals surface area contributed by atoms with Crippen molar-refractivity contribution in [3.05, 3.63) is 46.3 Å². The van der Waals surface area contributed by atoms with Gasteiger partial charge in [0.1, 0.15) is 5.00 Å². The van der Waals surface area contributed by atoms with Crippen LogP contribution >= 0.6 is 11.3 Å². The molecule has 21 heavy (non-hydrogen) atoms. The van der Waals surface area contributed by atoms with Gasteiger partial charge in [0.15, 0.2) is 0 Å². The second kappa shape index (κ2) is 6.41. The zero-order valence-electron chi connectivity index (χ0n) is 11.9. The van der Waals surface area contributed by atoms with Gasteiger partial charge in [0.2, 0.25) is 0 Å². The third-order valence-electron chi connectivity index (χ3n) is 3.07. The van der Waals surface area contributed by atoms with Gasteiger partial charge in [-0.15, -0.1) is 11.3 Å². The molecule has 0 bridgehead atoms. The molecule has 2 rings (SSSR count). The van der Waals surface area contributed by atoms with E-state index in [1.165, 1.54) is 11.3 Å². The molecule has 6 heteroatoms. The monoisotopic (exact) mass is 303 g/mol. The summed E-state index contributed by atoms with van der Waals surface area (Å²) < 4.78 is 0. The lowest BCUT2D eigenvalue weighted by Gasteiger charge is -2.07. The Hall–Kier alpha value is -2.34. The number of nitrogens with two attached hydrogens (primary N) is 1. The molecule has 0 saturated carbocycles. The van der Waals surface area contributed by atoms with Crippen LogP contribution in [0.5, 0.6) is 0 Å². The summed E-state index contributed by atoms with van der Waals surface area (Å²) in [6.45, 7) is 3.87. The number of hydrogen-bond donors (Lipinski definition) is 3. The zero-order chi connectivity index (χ0) is 15.4. The highest BCUT2D eigenvalue weighted by atomic mass is 32.1. The molecule has 0 saturated heterocycles. The van der Waals surface area contributed by atoms with E-state index in [1.54, 1.807) is 12.1 Å². The van der Waals surface area contributed by atoms with Gasteiger partial charge < -0.3 is 11.1 Å². The number of urea groups is 1. The number of para-hydroxylation sites is 1. The third-order valence-corrected chi connectivity index (χ3v) is 4.13. The molecular formula is C15H17N3O2S. The van der Waals surface area contributed by atoms with Gasteiger partial charge >= 0.3 is 6.03 Å². The maximum absolute atomic E-state index is 12.0. The molecule has 0 spiro atoms. The number of aryl methyl sites for hydroxylation is 1. The van der Waals surface area contributed by atoms with Crippen molar-refractivity contribution in [2.75, 3.05) is 10.6 Å². The number of anilines is 2. The van der Waals surface area contributed by atoms with Gasteiger partial charge in [-0.05, 0) is 31.0 Å². The number of nitrogens with one attached hydrogen (secondary N) is 2. The Bertz CT molecular complexity index is 665. The van der Waals surface area contributed by atoms with Gasteiger partial charge in [-0.3, -0.25) is 10.1 Å². The quantitative estimate of drug-likeness (QED) is 0.809. The average Bonchev–Trinajstić information content (AvgIpc) is 2.75. The van der Waals surface area contributed by atoms with Crippen molar-refractivity contribution < 1.29 is 9.59 Å². The second-order valence-electron chi connectivity index (χ2n) is 4.50. The first-order valence-corrected chi connectivity index (χ1v) is 7.39. The Morgan fingerprint density at radius 2 is 1.86 bits per heavy atom. The van der Waals surface area contributed by atoms with E-state index in [9.17, 15) is 9.59 Å². The van der Waals surface area contributed by atoms with Gasteiger partial charge in [-0.2, -0.15) is 0 Å². The number of carbonyl (C=O) groups excluding carboxylic acids is 2. The normalized spacial score (nSPS) is 10.2. The molecule has 1 aromatic carbocycles. The van der Waals surface area contributed by atoms with Gasteiger partial charge in [-0.25, -0.2) is 4.79 Å². The van der Waals surface area contributed by atoms with Crippen molar-refractivity contribution in [1.82, 2.24) is 0 Å². The lowest BCUT2D eigenvalue weighted by molar-refractivity contribution is 0.100. The number of primary amides is 1. The Morgan fingerprint density at radius 1 is 1.19 bits per heavy atom. The fraction of sp³-hybridized carbons (Fsp3) is 0.200. The average molecular weight is 303 g/mol. The Labute approximate surface area is 127 Å². The fourth-order valence-electron chi connectivity index (χ4n) is 2.14. The Kier molecular flexibility index (Phi) is 4.59. The number of hydrogen-bond acceptors (Lipinski definition) is 3. The molecule has 110 valence electrons. The largest absolute Gasteiger partial charge is 0.365 e. The minimum absolute atomic E-state index is 0.396. The summed E-state index contributed by atoms with van der Waals surface area (Å²) >= 11 is 1.36. The van der Waals surface area contributed by atoms with Crippen LogP contribution in [0.1, 0.15) is 27.7 Å². The highest BCUT2D eigenvalue weighted by Crippen LogP contribution is 2.33. The summed E-state index contributed by atoms with van der Waals surface area (Å²) in [5.41, 5.74) is 7.41. The molecule has 0 aliphatic rings. The van der Waals surface area contributed by atoms with E-state index in [1.807, 2.05) is 32.0 Å². The summed E-state index contributed by atoms with van der Waals surface area (Å²) in [5, 5.41) is 5.90. The van der Waals surface area contributed by atoms with E-state index in [-0.39, 0.29) is 0 Å². The highest BCUT2D eigenvalue weighted by molar-refractivity contribution is 7.16. The van der Waals surface area contributed by atoms with Crippen LogP contribution in [0.3, 0.4) is 0 Å². The maximum Gasteiger partial charge on any atom is 0.324 e. The first-order valence-electron chi connectivity index (χ1n) is 6.58. The van der Waals surface area contributed by atoms with Gasteiger partial charge in [0.25, 0.3) is 5.91 Å². The van der Waals surface area contributed by atoms with E-state index in [0.29, 0.717) is 22.7 Å². The Morgan fingerprint density at radius 3 is 2.43 bits per heavy atom. The van der Waals surface area contributed by atoms with Crippen LogP contribution in [0, 0.1) is 6.92 Å². The van der Waals surface area contributed by atoms with E-state index < -0.39 is 11.9 Å².